The summed E-state index contributed by atoms with van der Waals surface area (Å²) < 4.78 is 1.69. The largest absolute Gasteiger partial charge is 0.370 e. The van der Waals surface area contributed by atoms with Gasteiger partial charge in [-0.15, -0.1) is 0 Å². The number of rotatable bonds is 7. The molecule has 2 amide bonds. The number of carbonyl (C=O) groups excluding carboxylic acids is 1. The first kappa shape index (κ1) is 18.4. The van der Waals surface area contributed by atoms with Gasteiger partial charge in [0.2, 0.25) is 0 Å². The zero-order valence-electron chi connectivity index (χ0n) is 15.5. The molecule has 0 aliphatic carbocycles. The molecule has 0 aliphatic rings. The van der Waals surface area contributed by atoms with Gasteiger partial charge in [-0.1, -0.05) is 18.2 Å². The van der Waals surface area contributed by atoms with E-state index in [9.17, 15) is 4.79 Å². The Balaban J connectivity index is 1.47. The first-order valence-corrected chi connectivity index (χ1v) is 8.88. The summed E-state index contributed by atoms with van der Waals surface area (Å²) in [6.45, 7) is 3.05. The van der Waals surface area contributed by atoms with E-state index < -0.39 is 0 Å². The van der Waals surface area contributed by atoms with Crippen molar-refractivity contribution >= 4 is 11.7 Å². The molecule has 0 fully saturated rings. The Labute approximate surface area is 159 Å². The highest BCUT2D eigenvalue weighted by molar-refractivity contribution is 5.73. The molecule has 0 saturated heterocycles. The first-order valence-electron chi connectivity index (χ1n) is 8.88. The van der Waals surface area contributed by atoms with Gasteiger partial charge >= 0.3 is 6.03 Å². The van der Waals surface area contributed by atoms with Gasteiger partial charge in [0.05, 0.1) is 0 Å². The predicted octanol–water partition coefficient (Wildman–Crippen LogP) is 2.59. The Hall–Kier alpha value is -3.35. The lowest BCUT2D eigenvalue weighted by molar-refractivity contribution is 0.240. The molecule has 0 saturated carbocycles. The highest BCUT2D eigenvalue weighted by Gasteiger charge is 2.11. The molecule has 2 heterocycles. The number of hydrogen-bond donors (Lipinski definition) is 2. The smallest absolute Gasteiger partial charge is 0.315 e. The van der Waals surface area contributed by atoms with Crippen LogP contribution < -0.4 is 15.5 Å². The maximum Gasteiger partial charge on any atom is 0.315 e. The third kappa shape index (κ3) is 5.07. The number of para-hydroxylation sites is 1. The molecular formula is C20H24N6O. The van der Waals surface area contributed by atoms with Gasteiger partial charge in [0, 0.05) is 50.5 Å². The fourth-order valence-corrected chi connectivity index (χ4v) is 2.64. The average molecular weight is 364 g/mol. The summed E-state index contributed by atoms with van der Waals surface area (Å²) >= 11 is 0. The van der Waals surface area contributed by atoms with Crippen molar-refractivity contribution in [2.75, 3.05) is 18.5 Å². The Morgan fingerprint density at radius 1 is 1.15 bits per heavy atom. The van der Waals surface area contributed by atoms with Crippen molar-refractivity contribution in [3.63, 3.8) is 0 Å². The van der Waals surface area contributed by atoms with Crippen molar-refractivity contribution in [3.8, 4) is 5.82 Å². The van der Waals surface area contributed by atoms with Gasteiger partial charge in [0.1, 0.15) is 0 Å². The van der Waals surface area contributed by atoms with Crippen LogP contribution in [0.25, 0.3) is 5.82 Å². The zero-order valence-corrected chi connectivity index (χ0v) is 15.5. The number of nitrogens with one attached hydrogen (secondary N) is 2. The normalized spacial score (nSPS) is 11.6. The molecule has 0 aliphatic heterocycles. The van der Waals surface area contributed by atoms with Crippen LogP contribution in [0, 0.1) is 0 Å². The van der Waals surface area contributed by atoms with Crippen LogP contribution >= 0.6 is 0 Å². The van der Waals surface area contributed by atoms with Crippen molar-refractivity contribution in [3.05, 3.63) is 72.7 Å². The molecular weight excluding hydrogens is 340 g/mol. The van der Waals surface area contributed by atoms with Crippen LogP contribution in [0.1, 0.15) is 12.5 Å². The highest BCUT2D eigenvalue weighted by Crippen LogP contribution is 2.13. The van der Waals surface area contributed by atoms with E-state index in [4.69, 9.17) is 0 Å². The monoisotopic (exact) mass is 364 g/mol. The lowest BCUT2D eigenvalue weighted by Crippen LogP contribution is -2.43. The number of carbonyl (C=O) groups is 1. The van der Waals surface area contributed by atoms with E-state index in [1.165, 1.54) is 0 Å². The highest BCUT2D eigenvalue weighted by atomic mass is 16.2. The van der Waals surface area contributed by atoms with E-state index in [0.29, 0.717) is 13.1 Å². The van der Waals surface area contributed by atoms with Crippen LogP contribution in [0.15, 0.2) is 67.1 Å². The van der Waals surface area contributed by atoms with Crippen molar-refractivity contribution in [1.29, 1.82) is 0 Å². The van der Waals surface area contributed by atoms with Crippen LogP contribution in [-0.2, 0) is 6.54 Å². The van der Waals surface area contributed by atoms with E-state index in [1.807, 2.05) is 49.6 Å². The summed E-state index contributed by atoms with van der Waals surface area (Å²) in [5.41, 5.74) is 2.08. The second-order valence-corrected chi connectivity index (χ2v) is 6.33. The first-order chi connectivity index (χ1) is 13.1. The van der Waals surface area contributed by atoms with Crippen LogP contribution in [0.2, 0.25) is 0 Å². The van der Waals surface area contributed by atoms with Gasteiger partial charge in [0.15, 0.2) is 5.82 Å². The van der Waals surface area contributed by atoms with E-state index in [1.54, 1.807) is 17.1 Å². The molecule has 3 rings (SSSR count). The molecule has 0 bridgehead atoms. The second-order valence-electron chi connectivity index (χ2n) is 6.33. The number of aromatic nitrogens is 3. The standard InChI is InChI=1S/C20H24N6O/c1-16(25(2)18-7-4-3-5-8-18)14-22-20(27)23-15-17-9-11-21-19(13-17)26-12-6-10-24-26/h3-13,16H,14-15H2,1-2H3,(H2,22,23,27). The predicted molar refractivity (Wildman–Crippen MR) is 106 cm³/mol. The fourth-order valence-electron chi connectivity index (χ4n) is 2.64. The molecule has 2 N–H and O–H groups in total. The molecule has 1 aromatic carbocycles. The Bertz CT molecular complexity index is 850. The number of urea groups is 1. The SMILES string of the molecule is CC(CNC(=O)NCc1ccnc(-n2cccn2)c1)N(C)c1ccccc1. The van der Waals surface area contributed by atoms with Crippen molar-refractivity contribution in [2.45, 2.75) is 19.5 Å². The van der Waals surface area contributed by atoms with Crippen LogP contribution in [0.3, 0.4) is 0 Å². The van der Waals surface area contributed by atoms with Crippen LogP contribution in [0.5, 0.6) is 0 Å². The van der Waals surface area contributed by atoms with Gasteiger partial charge in [-0.3, -0.25) is 0 Å². The van der Waals surface area contributed by atoms with Crippen molar-refractivity contribution in [1.82, 2.24) is 25.4 Å². The summed E-state index contributed by atoms with van der Waals surface area (Å²) in [6, 6.07) is 15.7. The number of nitrogens with zero attached hydrogens (tertiary/aromatic N) is 4. The number of likely N-dealkylation sites (N-methyl/N-ethyl adjacent to an activating group) is 1. The lowest BCUT2D eigenvalue weighted by atomic mass is 10.2. The molecule has 140 valence electrons. The maximum atomic E-state index is 12.1. The minimum Gasteiger partial charge on any atom is -0.370 e. The molecule has 1 atom stereocenters. The Kier molecular flexibility index (Phi) is 6.04. The minimum atomic E-state index is -0.194. The van der Waals surface area contributed by atoms with E-state index >= 15 is 0 Å². The molecule has 2 aromatic heterocycles. The van der Waals surface area contributed by atoms with Crippen molar-refractivity contribution < 1.29 is 4.79 Å². The van der Waals surface area contributed by atoms with Crippen LogP contribution in [-0.4, -0.2) is 40.4 Å². The topological polar surface area (TPSA) is 75.1 Å². The number of amides is 2. The third-order valence-electron chi connectivity index (χ3n) is 4.38. The molecule has 7 heteroatoms. The number of hydrogen-bond acceptors (Lipinski definition) is 4. The van der Waals surface area contributed by atoms with E-state index in [0.717, 1.165) is 17.1 Å². The maximum absolute atomic E-state index is 12.1. The molecule has 1 unspecified atom stereocenters. The summed E-state index contributed by atoms with van der Waals surface area (Å²) in [4.78, 5) is 18.5. The zero-order chi connectivity index (χ0) is 19.1. The van der Waals surface area contributed by atoms with Gasteiger partial charge in [-0.25, -0.2) is 14.5 Å². The molecule has 0 radical (unpaired) electrons. The molecule has 3 aromatic rings. The summed E-state index contributed by atoms with van der Waals surface area (Å²) in [6.07, 6.45) is 5.24. The van der Waals surface area contributed by atoms with Gasteiger partial charge in [-0.05, 0) is 42.8 Å². The van der Waals surface area contributed by atoms with E-state index in [-0.39, 0.29) is 12.1 Å². The van der Waals surface area contributed by atoms with Gasteiger partial charge in [0.25, 0.3) is 0 Å². The number of benzene rings is 1. The molecule has 27 heavy (non-hydrogen) atoms. The van der Waals surface area contributed by atoms with Crippen LogP contribution in [0.4, 0.5) is 10.5 Å². The van der Waals surface area contributed by atoms with Gasteiger partial charge in [-0.2, -0.15) is 5.10 Å². The van der Waals surface area contributed by atoms with Crippen molar-refractivity contribution in [2.24, 2.45) is 0 Å². The molecule has 0 spiro atoms. The summed E-state index contributed by atoms with van der Waals surface area (Å²) in [5.74, 6) is 0.720. The lowest BCUT2D eigenvalue weighted by Gasteiger charge is -2.27. The number of pyridine rings is 1. The second kappa shape index (κ2) is 8.84. The molecule has 7 nitrogen and oxygen atoms in total. The third-order valence-corrected chi connectivity index (χ3v) is 4.38. The Morgan fingerprint density at radius 2 is 1.96 bits per heavy atom. The number of anilines is 1. The fraction of sp³-hybridized carbons (Fsp3) is 0.250. The quantitative estimate of drug-likeness (QED) is 0.676. The van der Waals surface area contributed by atoms with Gasteiger partial charge < -0.3 is 15.5 Å². The summed E-state index contributed by atoms with van der Waals surface area (Å²) in [7, 11) is 2.02. The summed E-state index contributed by atoms with van der Waals surface area (Å²) in [5, 5.41) is 9.96. The minimum absolute atomic E-state index is 0.172. The Morgan fingerprint density at radius 3 is 2.70 bits per heavy atom. The average Bonchev–Trinajstić information content (AvgIpc) is 3.25. The van der Waals surface area contributed by atoms with E-state index in [2.05, 4.69) is 44.7 Å².